The van der Waals surface area contributed by atoms with Crippen molar-refractivity contribution in [1.82, 2.24) is 4.90 Å². The van der Waals surface area contributed by atoms with Gasteiger partial charge in [-0.05, 0) is 46.8 Å². The molecule has 0 aromatic heterocycles. The van der Waals surface area contributed by atoms with Crippen LogP contribution in [0.25, 0.3) is 0 Å². The second kappa shape index (κ2) is 7.17. The van der Waals surface area contributed by atoms with Crippen molar-refractivity contribution in [2.75, 3.05) is 7.11 Å². The molecular formula is C16H25NO3. The Morgan fingerprint density at radius 3 is 2.10 bits per heavy atom. The number of ether oxygens (including phenoxy) is 2. The molecule has 1 amide bonds. The largest absolute Gasteiger partial charge is 0.497 e. The molecule has 0 aliphatic rings. The van der Waals surface area contributed by atoms with Crippen molar-refractivity contribution >= 4 is 5.91 Å². The lowest BCUT2D eigenvalue weighted by molar-refractivity contribution is -0.141. The summed E-state index contributed by atoms with van der Waals surface area (Å²) >= 11 is 0. The van der Waals surface area contributed by atoms with E-state index in [1.165, 1.54) is 0 Å². The summed E-state index contributed by atoms with van der Waals surface area (Å²) in [4.78, 5) is 14.3. The number of benzene rings is 1. The molecule has 1 aromatic carbocycles. The van der Waals surface area contributed by atoms with E-state index in [1.807, 2.05) is 50.8 Å². The first-order valence-corrected chi connectivity index (χ1v) is 6.99. The Labute approximate surface area is 121 Å². The quantitative estimate of drug-likeness (QED) is 0.803. The molecule has 1 aromatic rings. The van der Waals surface area contributed by atoms with E-state index in [2.05, 4.69) is 0 Å². The third-order valence-electron chi connectivity index (χ3n) is 3.07. The minimum atomic E-state index is -0.521. The van der Waals surface area contributed by atoms with Crippen molar-refractivity contribution in [1.29, 1.82) is 0 Å². The van der Waals surface area contributed by atoms with Gasteiger partial charge in [0.15, 0.2) is 6.10 Å². The predicted octanol–water partition coefficient (Wildman–Crippen LogP) is 3.11. The fourth-order valence-corrected chi connectivity index (χ4v) is 2.24. The number of methoxy groups -OCH3 is 1. The molecule has 0 fully saturated rings. The van der Waals surface area contributed by atoms with Gasteiger partial charge in [-0.2, -0.15) is 0 Å². The van der Waals surface area contributed by atoms with Gasteiger partial charge in [0.05, 0.1) is 7.11 Å². The highest BCUT2D eigenvalue weighted by molar-refractivity contribution is 5.81. The van der Waals surface area contributed by atoms with Crippen molar-refractivity contribution in [3.8, 4) is 11.5 Å². The van der Waals surface area contributed by atoms with Crippen LogP contribution in [0.1, 0.15) is 34.6 Å². The van der Waals surface area contributed by atoms with Crippen LogP contribution in [0.2, 0.25) is 0 Å². The Kier molecular flexibility index (Phi) is 5.86. The molecule has 0 N–H and O–H groups in total. The van der Waals surface area contributed by atoms with Gasteiger partial charge in [0, 0.05) is 18.2 Å². The number of rotatable bonds is 6. The Hall–Kier alpha value is -1.71. The van der Waals surface area contributed by atoms with Gasteiger partial charge >= 0.3 is 0 Å². The maximum absolute atomic E-state index is 12.5. The van der Waals surface area contributed by atoms with Gasteiger partial charge in [-0.15, -0.1) is 0 Å². The van der Waals surface area contributed by atoms with Gasteiger partial charge in [0.25, 0.3) is 5.91 Å². The third kappa shape index (κ3) is 4.15. The van der Waals surface area contributed by atoms with Gasteiger partial charge in [-0.1, -0.05) is 6.07 Å². The maximum Gasteiger partial charge on any atom is 0.263 e. The molecule has 0 bridgehead atoms. The van der Waals surface area contributed by atoms with E-state index in [0.29, 0.717) is 11.5 Å². The first-order chi connectivity index (χ1) is 9.36. The lowest BCUT2D eigenvalue weighted by Gasteiger charge is -2.33. The zero-order valence-corrected chi connectivity index (χ0v) is 13.2. The number of carbonyl (C=O) groups is 1. The molecule has 0 aliphatic carbocycles. The van der Waals surface area contributed by atoms with Crippen LogP contribution in [0.15, 0.2) is 24.3 Å². The fraction of sp³-hybridized carbons (Fsp3) is 0.562. The average molecular weight is 279 g/mol. The van der Waals surface area contributed by atoms with Gasteiger partial charge in [0.2, 0.25) is 0 Å². The SMILES string of the molecule is COc1cccc(OC(C)C(=O)N(C(C)C)C(C)C)c1. The summed E-state index contributed by atoms with van der Waals surface area (Å²) in [5, 5.41) is 0. The third-order valence-corrected chi connectivity index (χ3v) is 3.07. The van der Waals surface area contributed by atoms with Crippen LogP contribution in [0.4, 0.5) is 0 Å². The number of nitrogens with zero attached hydrogens (tertiary/aromatic N) is 1. The molecule has 4 nitrogen and oxygen atoms in total. The van der Waals surface area contributed by atoms with Gasteiger partial charge in [0.1, 0.15) is 11.5 Å². The van der Waals surface area contributed by atoms with Crippen LogP contribution in [-0.4, -0.2) is 36.1 Å². The monoisotopic (exact) mass is 279 g/mol. The molecule has 0 heterocycles. The molecule has 1 atom stereocenters. The summed E-state index contributed by atoms with van der Waals surface area (Å²) < 4.78 is 10.9. The first-order valence-electron chi connectivity index (χ1n) is 6.99. The molecule has 0 spiro atoms. The zero-order chi connectivity index (χ0) is 15.3. The van der Waals surface area contributed by atoms with Crippen molar-refractivity contribution < 1.29 is 14.3 Å². The molecule has 1 rings (SSSR count). The highest BCUT2D eigenvalue weighted by atomic mass is 16.5. The highest BCUT2D eigenvalue weighted by Crippen LogP contribution is 2.21. The number of hydrogen-bond acceptors (Lipinski definition) is 3. The minimum Gasteiger partial charge on any atom is -0.497 e. The van der Waals surface area contributed by atoms with E-state index < -0.39 is 6.10 Å². The topological polar surface area (TPSA) is 38.8 Å². The van der Waals surface area contributed by atoms with E-state index in [4.69, 9.17) is 9.47 Å². The summed E-state index contributed by atoms with van der Waals surface area (Å²) in [7, 11) is 1.60. The molecule has 0 radical (unpaired) electrons. The van der Waals surface area contributed by atoms with Crippen LogP contribution >= 0.6 is 0 Å². The molecule has 0 saturated carbocycles. The van der Waals surface area contributed by atoms with E-state index in [9.17, 15) is 4.79 Å². The smallest absolute Gasteiger partial charge is 0.263 e. The van der Waals surface area contributed by atoms with Gasteiger partial charge in [-0.3, -0.25) is 4.79 Å². The summed E-state index contributed by atoms with van der Waals surface area (Å²) in [5.41, 5.74) is 0. The van der Waals surface area contributed by atoms with Crippen LogP contribution in [0.5, 0.6) is 11.5 Å². The van der Waals surface area contributed by atoms with Crippen molar-refractivity contribution in [3.63, 3.8) is 0 Å². The van der Waals surface area contributed by atoms with E-state index in [1.54, 1.807) is 20.1 Å². The van der Waals surface area contributed by atoms with Gasteiger partial charge in [-0.25, -0.2) is 0 Å². The van der Waals surface area contributed by atoms with Crippen LogP contribution < -0.4 is 9.47 Å². The zero-order valence-electron chi connectivity index (χ0n) is 13.2. The Morgan fingerprint density at radius 2 is 1.60 bits per heavy atom. The van der Waals surface area contributed by atoms with E-state index in [0.717, 1.165) is 0 Å². The second-order valence-electron chi connectivity index (χ2n) is 5.37. The normalized spacial score (nSPS) is 12.4. The molecule has 0 saturated heterocycles. The molecule has 20 heavy (non-hydrogen) atoms. The Morgan fingerprint density at radius 1 is 1.05 bits per heavy atom. The van der Waals surface area contributed by atoms with Gasteiger partial charge < -0.3 is 14.4 Å². The summed E-state index contributed by atoms with van der Waals surface area (Å²) in [6, 6.07) is 7.58. The van der Waals surface area contributed by atoms with E-state index >= 15 is 0 Å². The molecule has 112 valence electrons. The standard InChI is InChI=1S/C16H25NO3/c1-11(2)17(12(3)4)16(18)13(5)20-15-9-7-8-14(10-15)19-6/h7-13H,1-6H3. The summed E-state index contributed by atoms with van der Waals surface area (Å²) in [5.74, 6) is 1.35. The highest BCUT2D eigenvalue weighted by Gasteiger charge is 2.26. The van der Waals surface area contributed by atoms with Crippen LogP contribution in [0.3, 0.4) is 0 Å². The first kappa shape index (κ1) is 16.3. The fourth-order valence-electron chi connectivity index (χ4n) is 2.24. The minimum absolute atomic E-state index is 0.00202. The second-order valence-corrected chi connectivity index (χ2v) is 5.37. The number of amides is 1. The predicted molar refractivity (Wildman–Crippen MR) is 80.2 cm³/mol. The van der Waals surface area contributed by atoms with Crippen LogP contribution in [0, 0.1) is 0 Å². The lowest BCUT2D eigenvalue weighted by atomic mass is 10.2. The maximum atomic E-state index is 12.5. The molecule has 0 aliphatic heterocycles. The summed E-state index contributed by atoms with van der Waals surface area (Å²) in [6.45, 7) is 9.82. The van der Waals surface area contributed by atoms with Crippen molar-refractivity contribution in [2.24, 2.45) is 0 Å². The van der Waals surface area contributed by atoms with Crippen molar-refractivity contribution in [3.05, 3.63) is 24.3 Å². The lowest BCUT2D eigenvalue weighted by Crippen LogP contribution is -2.47. The molecule has 4 heteroatoms. The number of carbonyl (C=O) groups excluding carboxylic acids is 1. The molecule has 1 unspecified atom stereocenters. The Bertz CT molecular complexity index is 435. The average Bonchev–Trinajstić information content (AvgIpc) is 2.37. The van der Waals surface area contributed by atoms with E-state index in [-0.39, 0.29) is 18.0 Å². The molecular weight excluding hydrogens is 254 g/mol. The number of hydrogen-bond donors (Lipinski definition) is 0. The summed E-state index contributed by atoms with van der Waals surface area (Å²) in [6.07, 6.45) is -0.521. The van der Waals surface area contributed by atoms with Crippen LogP contribution in [-0.2, 0) is 4.79 Å². The van der Waals surface area contributed by atoms with Crippen molar-refractivity contribution in [2.45, 2.75) is 52.8 Å². The Balaban J connectivity index is 2.78.